The number of benzene rings is 1. The zero-order chi connectivity index (χ0) is 12.8. The fraction of sp³-hybridized carbons (Fsp3) is 0.200. The van der Waals surface area contributed by atoms with Gasteiger partial charge in [-0.2, -0.15) is 0 Å². The van der Waals surface area contributed by atoms with Gasteiger partial charge in [-0.15, -0.1) is 4.91 Å². The number of phenolic OH excluding ortho intramolecular Hbond substituents is 1. The molecule has 0 fully saturated rings. The van der Waals surface area contributed by atoms with E-state index in [1.165, 1.54) is 29.7 Å². The van der Waals surface area contributed by atoms with E-state index in [0.29, 0.717) is 0 Å². The van der Waals surface area contributed by atoms with Gasteiger partial charge in [-0.3, -0.25) is 14.8 Å². The highest BCUT2D eigenvalue weighted by Gasteiger charge is 2.23. The first kappa shape index (κ1) is 12.8. The number of rotatable bonds is 5. The second-order valence-electron chi connectivity index (χ2n) is 3.27. The van der Waals surface area contributed by atoms with Crippen molar-refractivity contribution in [2.45, 2.75) is 12.5 Å². The minimum Gasteiger partial charge on any atom is -0.508 e. The molecular weight excluding hydrogens is 228 g/mol. The Morgan fingerprint density at radius 2 is 1.88 bits per heavy atom. The standard InChI is InChI=1S/C10H10N2O5/c13-7-3-1-6(2-4-7)9(14)5-8(11-16)10(15)12-17/h1-4,8,13,17H,5H2,(H,12,15). The van der Waals surface area contributed by atoms with Gasteiger partial charge in [0.25, 0.3) is 5.91 Å². The summed E-state index contributed by atoms with van der Waals surface area (Å²) in [4.78, 5) is 32.8. The number of ketones is 1. The number of nitroso groups, excluding NO2 is 1. The van der Waals surface area contributed by atoms with Gasteiger partial charge in [0.05, 0.1) is 0 Å². The first-order valence-electron chi connectivity index (χ1n) is 4.67. The van der Waals surface area contributed by atoms with Gasteiger partial charge in [0.15, 0.2) is 11.8 Å². The molecule has 7 heteroatoms. The van der Waals surface area contributed by atoms with Crippen molar-refractivity contribution in [3.63, 3.8) is 0 Å². The molecule has 17 heavy (non-hydrogen) atoms. The normalized spacial score (nSPS) is 11.6. The lowest BCUT2D eigenvalue weighted by Gasteiger charge is -2.05. The van der Waals surface area contributed by atoms with Crippen molar-refractivity contribution in [3.8, 4) is 5.75 Å². The predicted octanol–water partition coefficient (Wildman–Crippen LogP) is 0.605. The zero-order valence-electron chi connectivity index (χ0n) is 8.66. The number of phenols is 1. The zero-order valence-corrected chi connectivity index (χ0v) is 8.66. The topological polar surface area (TPSA) is 116 Å². The SMILES string of the molecule is O=NC(CC(=O)c1ccc(O)cc1)C(=O)NO. The van der Waals surface area contributed by atoms with Crippen LogP contribution >= 0.6 is 0 Å². The third kappa shape index (κ3) is 3.35. The van der Waals surface area contributed by atoms with Gasteiger partial charge in [-0.25, -0.2) is 5.48 Å². The molecule has 0 aromatic heterocycles. The molecule has 0 aliphatic rings. The van der Waals surface area contributed by atoms with Crippen LogP contribution in [-0.2, 0) is 4.79 Å². The Labute approximate surface area is 96.0 Å². The molecule has 0 heterocycles. The molecule has 1 aromatic rings. The Morgan fingerprint density at radius 1 is 1.29 bits per heavy atom. The maximum absolute atomic E-state index is 11.6. The van der Waals surface area contributed by atoms with Gasteiger partial charge in [-0.05, 0) is 24.3 Å². The maximum Gasteiger partial charge on any atom is 0.272 e. The van der Waals surface area contributed by atoms with Crippen LogP contribution in [0.1, 0.15) is 16.8 Å². The van der Waals surface area contributed by atoms with Crippen LogP contribution in [0.4, 0.5) is 0 Å². The average Bonchev–Trinajstić information content (AvgIpc) is 2.35. The fourth-order valence-electron chi connectivity index (χ4n) is 1.19. The highest BCUT2D eigenvalue weighted by atomic mass is 16.5. The summed E-state index contributed by atoms with van der Waals surface area (Å²) in [6.07, 6.45) is -0.444. The third-order valence-corrected chi connectivity index (χ3v) is 2.11. The minimum atomic E-state index is -1.47. The van der Waals surface area contributed by atoms with Crippen LogP contribution in [0, 0.1) is 4.91 Å². The summed E-state index contributed by atoms with van der Waals surface area (Å²) in [7, 11) is 0. The lowest BCUT2D eigenvalue weighted by atomic mass is 10.0. The molecule has 0 saturated carbocycles. The van der Waals surface area contributed by atoms with E-state index in [-0.39, 0.29) is 11.3 Å². The van der Waals surface area contributed by atoms with E-state index >= 15 is 0 Å². The largest absolute Gasteiger partial charge is 0.508 e. The first-order chi connectivity index (χ1) is 8.08. The minimum absolute atomic E-state index is 0.000265. The lowest BCUT2D eigenvalue weighted by Crippen LogP contribution is -2.32. The summed E-state index contributed by atoms with van der Waals surface area (Å²) in [6.45, 7) is 0. The predicted molar refractivity (Wildman–Crippen MR) is 56.6 cm³/mol. The smallest absolute Gasteiger partial charge is 0.272 e. The van der Waals surface area contributed by atoms with E-state index in [9.17, 15) is 14.5 Å². The monoisotopic (exact) mass is 238 g/mol. The number of hydrogen-bond acceptors (Lipinski definition) is 6. The summed E-state index contributed by atoms with van der Waals surface area (Å²) in [6, 6.07) is 3.86. The summed E-state index contributed by atoms with van der Waals surface area (Å²) >= 11 is 0. The van der Waals surface area contributed by atoms with Crippen LogP contribution in [0.5, 0.6) is 5.75 Å². The molecule has 1 rings (SSSR count). The highest BCUT2D eigenvalue weighted by molar-refractivity contribution is 5.99. The molecule has 1 amide bonds. The number of amides is 1. The Kier molecular flexibility index (Phi) is 4.29. The van der Waals surface area contributed by atoms with Crippen LogP contribution in [0.3, 0.4) is 0 Å². The molecule has 0 spiro atoms. The van der Waals surface area contributed by atoms with Crippen molar-refractivity contribution < 1.29 is 19.9 Å². The molecule has 0 bridgehead atoms. The molecule has 90 valence electrons. The van der Waals surface area contributed by atoms with Gasteiger partial charge >= 0.3 is 0 Å². The van der Waals surface area contributed by atoms with Crippen molar-refractivity contribution in [1.29, 1.82) is 0 Å². The van der Waals surface area contributed by atoms with Gasteiger partial charge in [-0.1, -0.05) is 5.18 Å². The molecule has 3 N–H and O–H groups in total. The van der Waals surface area contributed by atoms with Crippen LogP contribution < -0.4 is 5.48 Å². The van der Waals surface area contributed by atoms with Crippen molar-refractivity contribution in [2.75, 3.05) is 0 Å². The molecule has 1 unspecified atom stereocenters. The highest BCUT2D eigenvalue weighted by Crippen LogP contribution is 2.13. The van der Waals surface area contributed by atoms with E-state index in [2.05, 4.69) is 5.18 Å². The second-order valence-corrected chi connectivity index (χ2v) is 3.27. The Hall–Kier alpha value is -2.28. The number of carbonyl (C=O) groups is 2. The molecule has 7 nitrogen and oxygen atoms in total. The van der Waals surface area contributed by atoms with E-state index < -0.39 is 24.2 Å². The van der Waals surface area contributed by atoms with Gasteiger partial charge in [0.2, 0.25) is 0 Å². The Bertz CT molecular complexity index is 429. The number of nitrogens with one attached hydrogen (secondary N) is 1. The summed E-state index contributed by atoms with van der Waals surface area (Å²) < 4.78 is 0. The van der Waals surface area contributed by atoms with E-state index in [1.54, 1.807) is 0 Å². The van der Waals surface area contributed by atoms with Crippen molar-refractivity contribution in [1.82, 2.24) is 5.48 Å². The van der Waals surface area contributed by atoms with Crippen LogP contribution in [0.2, 0.25) is 0 Å². The molecule has 1 atom stereocenters. The third-order valence-electron chi connectivity index (χ3n) is 2.11. The van der Waals surface area contributed by atoms with Gasteiger partial charge < -0.3 is 5.11 Å². The fourth-order valence-corrected chi connectivity index (χ4v) is 1.19. The quantitative estimate of drug-likeness (QED) is 0.300. The first-order valence-corrected chi connectivity index (χ1v) is 4.67. The number of nitrogens with zero attached hydrogens (tertiary/aromatic N) is 1. The molecule has 1 aromatic carbocycles. The molecule has 0 radical (unpaired) electrons. The number of aromatic hydroxyl groups is 1. The summed E-state index contributed by atoms with van der Waals surface area (Å²) in [5, 5.41) is 19.8. The van der Waals surface area contributed by atoms with Crippen LogP contribution in [0.15, 0.2) is 29.4 Å². The number of Topliss-reactive ketones (excluding diaryl/α,β-unsaturated/α-hetero) is 1. The molecular formula is C10H10N2O5. The van der Waals surface area contributed by atoms with E-state index in [0.717, 1.165) is 0 Å². The van der Waals surface area contributed by atoms with E-state index in [4.69, 9.17) is 10.3 Å². The van der Waals surface area contributed by atoms with Crippen molar-refractivity contribution >= 4 is 11.7 Å². The van der Waals surface area contributed by atoms with Crippen molar-refractivity contribution in [2.24, 2.45) is 5.18 Å². The van der Waals surface area contributed by atoms with Crippen LogP contribution in [-0.4, -0.2) is 28.0 Å². The number of hydrogen-bond donors (Lipinski definition) is 3. The lowest BCUT2D eigenvalue weighted by molar-refractivity contribution is -0.130. The maximum atomic E-state index is 11.6. The summed E-state index contributed by atoms with van der Waals surface area (Å²) in [5.74, 6) is -1.52. The van der Waals surface area contributed by atoms with Gasteiger partial charge in [0, 0.05) is 12.0 Å². The second kappa shape index (κ2) is 5.71. The Balaban J connectivity index is 2.74. The number of carbonyl (C=O) groups excluding carboxylic acids is 2. The van der Waals surface area contributed by atoms with E-state index in [1.807, 2.05) is 0 Å². The van der Waals surface area contributed by atoms with Crippen molar-refractivity contribution in [3.05, 3.63) is 34.7 Å². The molecule has 0 aliphatic heterocycles. The molecule has 0 aliphatic carbocycles. The Morgan fingerprint density at radius 3 is 2.35 bits per heavy atom. The van der Waals surface area contributed by atoms with Crippen LogP contribution in [0.25, 0.3) is 0 Å². The summed E-state index contributed by atoms with van der Waals surface area (Å²) in [5.41, 5.74) is 1.50. The molecule has 0 saturated heterocycles. The number of hydroxylamine groups is 1. The van der Waals surface area contributed by atoms with Gasteiger partial charge in [0.1, 0.15) is 5.75 Å². The average molecular weight is 238 g/mol.